The number of ether oxygens (including phenoxy) is 1. The monoisotopic (exact) mass is 550 g/mol. The summed E-state index contributed by atoms with van der Waals surface area (Å²) < 4.78 is 17.7. The van der Waals surface area contributed by atoms with Crippen molar-refractivity contribution in [2.75, 3.05) is 26.1 Å². The van der Waals surface area contributed by atoms with Crippen LogP contribution in [0.25, 0.3) is 11.2 Å². The Morgan fingerprint density at radius 2 is 2.29 bits per heavy atom. The van der Waals surface area contributed by atoms with E-state index in [-0.39, 0.29) is 27.0 Å². The maximum atomic E-state index is 5.41. The van der Waals surface area contributed by atoms with Crippen molar-refractivity contribution in [3.05, 3.63) is 51.9 Å². The van der Waals surface area contributed by atoms with Gasteiger partial charge in [-0.3, -0.25) is 4.90 Å². The molecule has 5 rings (SSSR count). The van der Waals surface area contributed by atoms with Gasteiger partial charge in [0.2, 0.25) is 0 Å². The van der Waals surface area contributed by atoms with E-state index in [1.165, 1.54) is 24.4 Å². The van der Waals surface area contributed by atoms with E-state index in [1.807, 2.05) is 19.3 Å². The van der Waals surface area contributed by atoms with Crippen LogP contribution in [0.1, 0.15) is 29.9 Å². The van der Waals surface area contributed by atoms with Crippen molar-refractivity contribution in [1.82, 2.24) is 27.2 Å². The van der Waals surface area contributed by atoms with E-state index < -0.39 is 0 Å². The van der Waals surface area contributed by atoms with Crippen LogP contribution < -0.4 is 30.3 Å². The zero-order valence-electron chi connectivity index (χ0n) is 17.7. The molecule has 10 heteroatoms. The smallest absolute Gasteiger partial charge is 0.0305 e. The first kappa shape index (κ1) is 20.9. The molecule has 1 saturated carbocycles. The molecule has 3 aromatic rings. The predicted molar refractivity (Wildman–Crippen MR) is 119 cm³/mol. The summed E-state index contributed by atoms with van der Waals surface area (Å²) in [4.78, 5) is 11.7. The van der Waals surface area contributed by atoms with Crippen molar-refractivity contribution in [3.63, 3.8) is 0 Å². The summed E-state index contributed by atoms with van der Waals surface area (Å²) >= 11 is 1.39. The van der Waals surface area contributed by atoms with Gasteiger partial charge < -0.3 is 4.74 Å². The molecule has 4 heterocycles. The van der Waals surface area contributed by atoms with E-state index in [9.17, 15) is 0 Å². The number of hydrogen-bond acceptors (Lipinski definition) is 8. The summed E-state index contributed by atoms with van der Waals surface area (Å²) in [6.45, 7) is 3.58. The zero-order valence-corrected chi connectivity index (χ0v) is 20.7. The molecule has 0 amide bonds. The fourth-order valence-electron chi connectivity index (χ4n) is 3.86. The molecule has 31 heavy (non-hydrogen) atoms. The number of hydrogen-bond donors (Lipinski definition) is 2. The summed E-state index contributed by atoms with van der Waals surface area (Å²) in [6, 6.07) is 2.11. The standard InChI is InChI=1S/C21H25IN7OS/c1-14-11-29-17(15-4-7-22-24-9-15)10-23-20(29)19(25-14)26-18-8-16(27-31-18)12-28(2)21(5-6-21)13-30-3/h4,7-11,24H,5-6,12-13H2,1-3H3,(H,25,26)/q-1. The second-order valence-electron chi connectivity index (χ2n) is 8.00. The molecule has 2 N–H and O–H groups in total. The molecule has 0 aromatic carbocycles. The van der Waals surface area contributed by atoms with Crippen LogP contribution in [0.2, 0.25) is 0 Å². The maximum Gasteiger partial charge on any atom is -0.0305 e. The number of anilines is 2. The van der Waals surface area contributed by atoms with Gasteiger partial charge in [0.05, 0.1) is 6.61 Å². The fraction of sp³-hybridized carbons (Fsp3) is 0.381. The van der Waals surface area contributed by atoms with Crippen molar-refractivity contribution >= 4 is 33.6 Å². The predicted octanol–water partition coefficient (Wildman–Crippen LogP) is 0.310. The summed E-state index contributed by atoms with van der Waals surface area (Å²) in [5.41, 5.74) is 5.14. The Kier molecular flexibility index (Phi) is 5.71. The number of nitrogens with zero attached hydrogens (tertiary/aromatic N) is 5. The largest absolute Gasteiger partial charge is 0.0305 e. The number of fused-ring (bicyclic) bond motifs is 1. The molecular weight excluding hydrogens is 525 g/mol. The average Bonchev–Trinajstić information content (AvgIpc) is 3.22. The molecule has 1 fully saturated rings. The van der Waals surface area contributed by atoms with E-state index >= 15 is 0 Å². The Balaban J connectivity index is 1.37. The van der Waals surface area contributed by atoms with Crippen LogP contribution in [0, 0.1) is 6.92 Å². The van der Waals surface area contributed by atoms with E-state index in [0.29, 0.717) is 0 Å². The second-order valence-corrected chi connectivity index (χ2v) is 10.8. The number of likely N-dealkylation sites (N-methyl/N-ethyl adjacent to an activating group) is 1. The molecular formula is C21H25IN7OS-. The van der Waals surface area contributed by atoms with Crippen LogP contribution in [0.15, 0.2) is 34.8 Å². The minimum Gasteiger partial charge on any atom is -0.0305 e. The van der Waals surface area contributed by atoms with Crippen molar-refractivity contribution in [1.29, 1.82) is 0 Å². The topological polar surface area (TPSA) is 79.6 Å². The molecule has 164 valence electrons. The van der Waals surface area contributed by atoms with Crippen LogP contribution in [0.3, 0.4) is 0 Å². The van der Waals surface area contributed by atoms with Gasteiger partial charge in [-0.2, -0.15) is 0 Å². The van der Waals surface area contributed by atoms with Gasteiger partial charge in [-0.1, -0.05) is 0 Å². The molecule has 1 aliphatic heterocycles. The van der Waals surface area contributed by atoms with Crippen LogP contribution >= 0.6 is 11.5 Å². The third-order valence-corrected chi connectivity index (χ3v) is 7.87. The summed E-state index contributed by atoms with van der Waals surface area (Å²) in [6.07, 6.45) is 10.5. The molecule has 8 nitrogen and oxygen atoms in total. The number of allylic oxidation sites excluding steroid dienone is 2. The van der Waals surface area contributed by atoms with Crippen LogP contribution in [-0.4, -0.2) is 49.9 Å². The van der Waals surface area contributed by atoms with Crippen molar-refractivity contribution in [2.45, 2.75) is 31.8 Å². The Morgan fingerprint density at radius 3 is 3.03 bits per heavy atom. The molecule has 0 atom stereocenters. The van der Waals surface area contributed by atoms with Crippen molar-refractivity contribution in [2.24, 2.45) is 0 Å². The number of methoxy groups -OCH3 is 1. The number of halogens is 1. The number of aryl methyl sites for hydroxylation is 1. The van der Waals surface area contributed by atoms with Gasteiger partial charge in [0.1, 0.15) is 0 Å². The first-order valence-electron chi connectivity index (χ1n) is 10.1. The summed E-state index contributed by atoms with van der Waals surface area (Å²) in [5.74, 6) is 0.744. The normalized spacial score (nSPS) is 17.4. The Hall–Kier alpha value is -2.02. The zero-order chi connectivity index (χ0) is 21.4. The van der Waals surface area contributed by atoms with Gasteiger partial charge in [0, 0.05) is 12.6 Å². The van der Waals surface area contributed by atoms with Gasteiger partial charge in [-0.25, -0.2) is 0 Å². The maximum absolute atomic E-state index is 5.41. The van der Waals surface area contributed by atoms with E-state index in [0.717, 1.165) is 52.3 Å². The summed E-state index contributed by atoms with van der Waals surface area (Å²) in [5, 5.41) is 4.41. The average molecular weight is 550 g/mol. The van der Waals surface area contributed by atoms with Crippen LogP contribution in [0.5, 0.6) is 0 Å². The molecule has 1 aliphatic carbocycles. The first-order valence-corrected chi connectivity index (χ1v) is 13.2. The molecule has 0 unspecified atom stereocenters. The molecule has 0 spiro atoms. The van der Waals surface area contributed by atoms with E-state index in [4.69, 9.17) is 9.72 Å². The molecule has 0 radical (unpaired) electrons. The van der Waals surface area contributed by atoms with Crippen molar-refractivity contribution in [3.8, 4) is 0 Å². The fourth-order valence-corrected chi connectivity index (χ4v) is 5.81. The first-order chi connectivity index (χ1) is 15.1. The van der Waals surface area contributed by atoms with Crippen molar-refractivity contribution < 1.29 is 26.2 Å². The minimum absolute atomic E-state index is 0.0686. The molecule has 0 saturated heterocycles. The number of aromatic nitrogens is 4. The number of rotatable bonds is 8. The van der Waals surface area contributed by atoms with Gasteiger partial charge >= 0.3 is 148 Å². The Bertz CT molecular complexity index is 1160. The molecule has 0 bridgehead atoms. The second kappa shape index (κ2) is 8.49. The molecule has 3 aromatic heterocycles. The Morgan fingerprint density at radius 1 is 1.42 bits per heavy atom. The van der Waals surface area contributed by atoms with E-state index in [1.54, 1.807) is 7.11 Å². The summed E-state index contributed by atoms with van der Waals surface area (Å²) in [7, 11) is 3.93. The number of nitrogens with one attached hydrogen (secondary N) is 2. The van der Waals surface area contributed by atoms with Gasteiger partial charge in [0.15, 0.2) is 0 Å². The van der Waals surface area contributed by atoms with Crippen LogP contribution in [0.4, 0.5) is 10.8 Å². The van der Waals surface area contributed by atoms with Gasteiger partial charge in [0.25, 0.3) is 0 Å². The molecule has 2 aliphatic rings. The Labute approximate surface area is 196 Å². The third-order valence-electron chi connectivity index (χ3n) is 5.74. The van der Waals surface area contributed by atoms with E-state index in [2.05, 4.69) is 57.0 Å². The third kappa shape index (κ3) is 4.21. The van der Waals surface area contributed by atoms with Crippen LogP contribution in [-0.2, 0) is 11.3 Å². The minimum atomic E-state index is -0.0686. The SMILES string of the molecule is COCC1(N(C)Cc2cc(Nc3nc(C)cn4c(C5=CN[I-]C=C5)cnc34)sn2)CC1. The number of imidazole rings is 1. The van der Waals surface area contributed by atoms with Gasteiger partial charge in [-0.15, -0.1) is 0 Å². The quantitative estimate of drug-likeness (QED) is 0.309. The van der Waals surface area contributed by atoms with Gasteiger partial charge in [-0.05, 0) is 19.9 Å².